The van der Waals surface area contributed by atoms with Gasteiger partial charge in [-0.25, -0.2) is 0 Å². The summed E-state index contributed by atoms with van der Waals surface area (Å²) in [5, 5.41) is 98.1. The number of carbonyl (C=O) groups is 1. The van der Waals surface area contributed by atoms with Crippen molar-refractivity contribution in [3.8, 4) is 0 Å². The van der Waals surface area contributed by atoms with Gasteiger partial charge in [0.25, 0.3) is 0 Å². The van der Waals surface area contributed by atoms with Crippen molar-refractivity contribution in [2.45, 2.75) is 216 Å². The van der Waals surface area contributed by atoms with Gasteiger partial charge in [-0.3, -0.25) is 0 Å². The highest BCUT2D eigenvalue weighted by Gasteiger charge is 2.80. The normalized spacial score (nSPS) is 59.2. The number of hydrogen-bond acceptors (Lipinski definition) is 17. The van der Waals surface area contributed by atoms with Crippen LogP contribution in [0.3, 0.4) is 0 Å². The lowest BCUT2D eigenvalue weighted by atomic mass is 9.30. The predicted molar refractivity (Wildman–Crippen MR) is 223 cm³/mol. The molecule has 5 saturated carbocycles. The van der Waals surface area contributed by atoms with Gasteiger partial charge in [0.1, 0.15) is 67.3 Å². The molecule has 0 radical (unpaired) electrons. The molecule has 4 saturated heterocycles. The predicted octanol–water partition coefficient (Wildman–Crippen LogP) is 0.671. The third kappa shape index (κ3) is 6.71. The van der Waals surface area contributed by atoms with Crippen molar-refractivity contribution in [3.63, 3.8) is 0 Å². The summed E-state index contributed by atoms with van der Waals surface area (Å²) in [6, 6.07) is 0. The van der Waals surface area contributed by atoms with Crippen LogP contribution < -0.4 is 0 Å². The minimum atomic E-state index is -1.76. The van der Waals surface area contributed by atoms with Crippen LogP contribution in [0.2, 0.25) is 0 Å². The number of rotatable bonds is 8. The second-order valence-electron chi connectivity index (χ2n) is 23.4. The van der Waals surface area contributed by atoms with Crippen LogP contribution in [-0.4, -0.2) is 176 Å². The average Bonchev–Trinajstić information content (AvgIpc) is 3.53. The molecule has 0 aromatic rings. The maximum atomic E-state index is 12.5. The van der Waals surface area contributed by atoms with E-state index in [9.17, 15) is 50.8 Å². The van der Waals surface area contributed by atoms with Crippen molar-refractivity contribution in [2.75, 3.05) is 19.8 Å². The Labute approximate surface area is 376 Å². The maximum absolute atomic E-state index is 12.5. The minimum Gasteiger partial charge on any atom is -0.394 e. The number of ether oxygens (including phenoxy) is 7. The van der Waals surface area contributed by atoms with E-state index in [-0.39, 0.29) is 51.6 Å². The largest absolute Gasteiger partial charge is 0.394 e. The first-order valence-electron chi connectivity index (χ1n) is 24.0. The van der Waals surface area contributed by atoms with Crippen molar-refractivity contribution < 1.29 is 83.9 Å². The Hall–Kier alpha value is -0.970. The quantitative estimate of drug-likeness (QED) is 0.120. The fraction of sp³-hybridized carbons (Fsp3) is 0.979. The van der Waals surface area contributed by atoms with Crippen LogP contribution in [0.15, 0.2) is 0 Å². The van der Waals surface area contributed by atoms with Gasteiger partial charge in [0.05, 0.1) is 43.7 Å². The molecule has 17 nitrogen and oxygen atoms in total. The molecule has 1 spiro atoms. The molecular formula is C47H76O17. The lowest BCUT2D eigenvalue weighted by Gasteiger charge is -2.75. The number of hydrogen-bond donors (Lipinski definition) is 9. The summed E-state index contributed by atoms with van der Waals surface area (Å²) in [7, 11) is 0. The summed E-state index contributed by atoms with van der Waals surface area (Å²) in [5.74, 6) is 0.733. The Balaban J connectivity index is 0.882. The highest BCUT2D eigenvalue weighted by atomic mass is 16.8. The smallest absolute Gasteiger partial charge is 0.187 e. The second kappa shape index (κ2) is 16.3. The Morgan fingerprint density at radius 1 is 0.656 bits per heavy atom. The number of carbonyl (C=O) groups excluding carboxylic acids is 1. The summed E-state index contributed by atoms with van der Waals surface area (Å²) < 4.78 is 43.1. The van der Waals surface area contributed by atoms with Crippen LogP contribution >= 0.6 is 0 Å². The third-order valence-electron chi connectivity index (χ3n) is 20.2. The SMILES string of the molecule is C[C@@H]1O[C@@H](O[C@H]2[C@H](O[C@H]3CO[C@@H](O[C@H]4CC[C@]5(C)[C@H]6CC[C@]78OC[C@@]9(CC[C@](C)(C=O)C[C@H]97)[C@H](O)C[C@@]8(C)[C@]6(C)CC[C@H]5C4(C)C)[C@H](O)[C@H]3O)O[C@H](CO)[C@@H](O)[C@@H]2O)[C@H](O)[C@H](O)[C@H]1O. The molecular weight excluding hydrogens is 837 g/mol. The lowest BCUT2D eigenvalue weighted by Crippen LogP contribution is -2.74. The Kier molecular flexibility index (Phi) is 12.2. The van der Waals surface area contributed by atoms with E-state index in [2.05, 4.69) is 41.5 Å². The number of aliphatic hydroxyl groups excluding tert-OH is 9. The molecule has 4 heterocycles. The first-order valence-corrected chi connectivity index (χ1v) is 24.0. The topological polar surface area (TPSA) is 264 Å². The van der Waals surface area contributed by atoms with Crippen LogP contribution in [0, 0.1) is 50.2 Å². The van der Waals surface area contributed by atoms with Crippen molar-refractivity contribution in [1.29, 1.82) is 0 Å². The van der Waals surface area contributed by atoms with E-state index in [1.54, 1.807) is 0 Å². The number of fused-ring (bicyclic) bond motifs is 4. The molecule has 9 aliphatic rings. The van der Waals surface area contributed by atoms with Crippen LogP contribution in [0.1, 0.15) is 113 Å². The molecule has 4 aliphatic heterocycles. The van der Waals surface area contributed by atoms with E-state index in [4.69, 9.17) is 33.2 Å². The van der Waals surface area contributed by atoms with Crippen molar-refractivity contribution in [2.24, 2.45) is 50.2 Å². The van der Waals surface area contributed by atoms with E-state index in [0.717, 1.165) is 57.7 Å². The molecule has 25 atom stereocenters. The lowest BCUT2D eigenvalue weighted by molar-refractivity contribution is -0.382. The second-order valence-corrected chi connectivity index (χ2v) is 23.4. The molecule has 9 fully saturated rings. The van der Waals surface area contributed by atoms with Gasteiger partial charge in [-0.15, -0.1) is 0 Å². The fourth-order valence-corrected chi connectivity index (χ4v) is 16.1. The minimum absolute atomic E-state index is 0.0642. The van der Waals surface area contributed by atoms with E-state index in [1.807, 2.05) is 0 Å². The molecule has 9 N–H and O–H groups in total. The van der Waals surface area contributed by atoms with Gasteiger partial charge in [-0.1, -0.05) is 41.5 Å². The highest BCUT2D eigenvalue weighted by molar-refractivity contribution is 5.59. The molecule has 2 bridgehead atoms. The molecule has 0 aromatic carbocycles. The van der Waals surface area contributed by atoms with Crippen molar-refractivity contribution in [1.82, 2.24) is 0 Å². The number of aldehydes is 1. The molecule has 9 rings (SSSR count). The summed E-state index contributed by atoms with van der Waals surface area (Å²) >= 11 is 0. The van der Waals surface area contributed by atoms with Crippen molar-refractivity contribution in [3.05, 3.63) is 0 Å². The number of aliphatic hydroxyl groups is 9. The van der Waals surface area contributed by atoms with E-state index >= 15 is 0 Å². The van der Waals surface area contributed by atoms with Crippen LogP contribution in [0.5, 0.6) is 0 Å². The van der Waals surface area contributed by atoms with Gasteiger partial charge >= 0.3 is 0 Å². The molecule has 17 heteroatoms. The summed E-state index contributed by atoms with van der Waals surface area (Å²) in [6.07, 6.45) is -12.2. The molecule has 64 heavy (non-hydrogen) atoms. The molecule has 0 amide bonds. The average molecular weight is 913 g/mol. The molecule has 0 unspecified atom stereocenters. The first-order chi connectivity index (χ1) is 30.0. The van der Waals surface area contributed by atoms with Gasteiger partial charge < -0.3 is 83.9 Å². The monoisotopic (exact) mass is 913 g/mol. The Morgan fingerprint density at radius 2 is 1.36 bits per heavy atom. The van der Waals surface area contributed by atoms with Crippen molar-refractivity contribution >= 4 is 6.29 Å². The van der Waals surface area contributed by atoms with Crippen LogP contribution in [0.4, 0.5) is 0 Å². The highest BCUT2D eigenvalue weighted by Crippen LogP contribution is 2.80. The van der Waals surface area contributed by atoms with E-state index < -0.39 is 110 Å². The van der Waals surface area contributed by atoms with Gasteiger partial charge in [-0.2, -0.15) is 0 Å². The molecule has 366 valence electrons. The fourth-order valence-electron chi connectivity index (χ4n) is 16.1. The van der Waals surface area contributed by atoms with E-state index in [1.165, 1.54) is 6.92 Å². The molecule has 0 aromatic heterocycles. The van der Waals surface area contributed by atoms with Gasteiger partial charge in [0.2, 0.25) is 0 Å². The summed E-state index contributed by atoms with van der Waals surface area (Å²) in [4.78, 5) is 12.5. The van der Waals surface area contributed by atoms with Gasteiger partial charge in [0.15, 0.2) is 18.9 Å². The van der Waals surface area contributed by atoms with E-state index in [0.29, 0.717) is 25.4 Å². The maximum Gasteiger partial charge on any atom is 0.187 e. The van der Waals surface area contributed by atoms with Crippen LogP contribution in [-0.2, 0) is 38.0 Å². The first kappa shape index (κ1) is 48.1. The third-order valence-corrected chi connectivity index (χ3v) is 20.2. The van der Waals surface area contributed by atoms with Crippen LogP contribution in [0.25, 0.3) is 0 Å². The van der Waals surface area contributed by atoms with Gasteiger partial charge in [-0.05, 0) is 105 Å². The zero-order valence-corrected chi connectivity index (χ0v) is 38.5. The van der Waals surface area contributed by atoms with Gasteiger partial charge in [0, 0.05) is 16.2 Å². The standard InChI is InChI=1S/C47H76O17/c1-22-30(51)33(54)36(57)39(60-22)64-37-34(55)31(52)23(18-48)61-40(37)62-24-19-58-38(35(56)32(24)53)63-29-10-11-43(5)25(41(29,2)3)8-12-44(6)26(43)9-13-47-27-16-42(4,20-49)14-15-46(27,21-59-47)28(50)17-45(44,47)7/h20,22-40,48,50-57H,8-19,21H2,1-7H3/t22-,23+,24-,25-,26+,27+,28+,29-,30-,31+,32-,33+,34-,35+,36+,37+,38-,39-,40-,42-,43-,44+,45-,46+,47-/m0/s1. The summed E-state index contributed by atoms with van der Waals surface area (Å²) in [5.41, 5.74) is -1.96. The Morgan fingerprint density at radius 3 is 2.06 bits per heavy atom. The molecule has 5 aliphatic carbocycles. The zero-order chi connectivity index (χ0) is 46.3. The zero-order valence-electron chi connectivity index (χ0n) is 38.5. The Bertz CT molecular complexity index is 1740. The summed E-state index contributed by atoms with van der Waals surface area (Å²) in [6.45, 7) is 14.9.